The molecule has 0 fully saturated rings. The monoisotopic (exact) mass is 578 g/mol. The number of hydrogen-bond acceptors (Lipinski definition) is 6. The smallest absolute Gasteiger partial charge is 0.261 e. The SMILES string of the molecule is NC(=O)Cc1nc(CBr)c(-c2c(NS(=O)(=O)c3ccccc3)cc(Cl)nc2Br)s1. The molecular weight excluding hydrogens is 568 g/mol. The molecule has 29 heavy (non-hydrogen) atoms. The fourth-order valence-electron chi connectivity index (χ4n) is 2.50. The van der Waals surface area contributed by atoms with Crippen LogP contribution in [0.25, 0.3) is 10.4 Å². The maximum absolute atomic E-state index is 12.8. The average Bonchev–Trinajstić information content (AvgIpc) is 3.03. The summed E-state index contributed by atoms with van der Waals surface area (Å²) in [5.74, 6) is -0.510. The molecule has 0 spiro atoms. The molecule has 0 aliphatic carbocycles. The van der Waals surface area contributed by atoms with Crippen molar-refractivity contribution in [2.24, 2.45) is 5.73 Å². The number of nitrogens with one attached hydrogen (secondary N) is 1. The minimum Gasteiger partial charge on any atom is -0.369 e. The third kappa shape index (κ3) is 5.15. The lowest BCUT2D eigenvalue weighted by Crippen LogP contribution is -2.14. The first kappa shape index (κ1) is 22.2. The molecule has 3 N–H and O–H groups in total. The second-order valence-corrected chi connectivity index (χ2v) is 10.2. The van der Waals surface area contributed by atoms with Gasteiger partial charge < -0.3 is 5.73 Å². The van der Waals surface area contributed by atoms with Gasteiger partial charge in [-0.1, -0.05) is 45.7 Å². The lowest BCUT2D eigenvalue weighted by molar-refractivity contribution is -0.117. The molecule has 0 aliphatic rings. The number of anilines is 1. The van der Waals surface area contributed by atoms with Gasteiger partial charge in [0.2, 0.25) is 5.91 Å². The number of carbonyl (C=O) groups excluding carboxylic acids is 1. The molecule has 0 saturated heterocycles. The van der Waals surface area contributed by atoms with Crippen LogP contribution in [-0.4, -0.2) is 24.3 Å². The number of thiazole rings is 1. The van der Waals surface area contributed by atoms with E-state index < -0.39 is 15.9 Å². The van der Waals surface area contributed by atoms with Crippen molar-refractivity contribution in [2.75, 3.05) is 4.72 Å². The summed E-state index contributed by atoms with van der Waals surface area (Å²) in [4.78, 5) is 20.6. The number of benzene rings is 1. The van der Waals surface area contributed by atoms with Crippen LogP contribution in [0.3, 0.4) is 0 Å². The molecule has 3 aromatic rings. The Labute approximate surface area is 193 Å². The van der Waals surface area contributed by atoms with Crippen molar-refractivity contribution >= 4 is 76.4 Å². The molecule has 152 valence electrons. The number of sulfonamides is 1. The van der Waals surface area contributed by atoms with Gasteiger partial charge in [-0.15, -0.1) is 11.3 Å². The number of nitrogens with two attached hydrogens (primary N) is 1. The zero-order valence-electron chi connectivity index (χ0n) is 14.5. The number of carbonyl (C=O) groups is 1. The van der Waals surface area contributed by atoms with Gasteiger partial charge in [-0.05, 0) is 28.1 Å². The predicted molar refractivity (Wildman–Crippen MR) is 121 cm³/mol. The van der Waals surface area contributed by atoms with Gasteiger partial charge in [0, 0.05) is 11.4 Å². The largest absolute Gasteiger partial charge is 0.369 e. The third-order valence-corrected chi connectivity index (χ3v) is 7.46. The van der Waals surface area contributed by atoms with E-state index in [1.165, 1.54) is 29.5 Å². The van der Waals surface area contributed by atoms with Gasteiger partial charge in [0.25, 0.3) is 10.0 Å². The van der Waals surface area contributed by atoms with Crippen molar-refractivity contribution in [2.45, 2.75) is 16.6 Å². The Morgan fingerprint density at radius 3 is 2.55 bits per heavy atom. The first-order valence-corrected chi connectivity index (χ1v) is 12.6. The standard InChI is InChI=1S/C17H13Br2ClN4O3S2/c18-8-11-16(28-14(22-11)7-13(21)25)15-10(6-12(20)23-17(15)19)24-29(26,27)9-4-2-1-3-5-9/h1-6H,7-8H2,(H2,21,25)(H,23,24). The second-order valence-electron chi connectivity index (χ2n) is 5.74. The van der Waals surface area contributed by atoms with Crippen LogP contribution in [0.5, 0.6) is 0 Å². The first-order chi connectivity index (χ1) is 13.7. The zero-order chi connectivity index (χ0) is 21.2. The molecule has 0 saturated carbocycles. The molecule has 1 amide bonds. The van der Waals surface area contributed by atoms with Crippen LogP contribution >= 0.6 is 54.8 Å². The molecule has 3 rings (SSSR count). The molecule has 7 nitrogen and oxygen atoms in total. The Balaban J connectivity index is 2.14. The van der Waals surface area contributed by atoms with Gasteiger partial charge in [0.15, 0.2) is 0 Å². The van der Waals surface area contributed by atoms with Gasteiger partial charge in [0.05, 0.1) is 33.1 Å². The van der Waals surface area contributed by atoms with E-state index in [0.29, 0.717) is 31.1 Å². The number of nitrogens with zero attached hydrogens (tertiary/aromatic N) is 2. The summed E-state index contributed by atoms with van der Waals surface area (Å²) in [5, 5.41) is 1.01. The number of alkyl halides is 1. The molecule has 12 heteroatoms. The normalized spacial score (nSPS) is 11.4. The number of hydrogen-bond donors (Lipinski definition) is 2. The highest BCUT2D eigenvalue weighted by molar-refractivity contribution is 9.10. The highest BCUT2D eigenvalue weighted by Gasteiger charge is 2.24. The van der Waals surface area contributed by atoms with E-state index in [1.54, 1.807) is 18.2 Å². The van der Waals surface area contributed by atoms with Crippen LogP contribution in [0, 0.1) is 0 Å². The lowest BCUT2D eigenvalue weighted by Gasteiger charge is -2.14. The van der Waals surface area contributed by atoms with E-state index in [2.05, 4.69) is 46.5 Å². The highest BCUT2D eigenvalue weighted by atomic mass is 79.9. The number of rotatable bonds is 7. The van der Waals surface area contributed by atoms with E-state index in [4.69, 9.17) is 17.3 Å². The van der Waals surface area contributed by atoms with E-state index in [1.807, 2.05) is 0 Å². The minimum absolute atomic E-state index is 0.0195. The molecule has 0 unspecified atom stereocenters. The summed E-state index contributed by atoms with van der Waals surface area (Å²) in [6.45, 7) is 0. The van der Waals surface area contributed by atoms with Crippen LogP contribution < -0.4 is 10.5 Å². The molecule has 2 aromatic heterocycles. The van der Waals surface area contributed by atoms with E-state index >= 15 is 0 Å². The summed E-state index contributed by atoms with van der Waals surface area (Å²) in [6.07, 6.45) is -0.0195. The van der Waals surface area contributed by atoms with Crippen molar-refractivity contribution in [3.8, 4) is 10.4 Å². The van der Waals surface area contributed by atoms with Crippen molar-refractivity contribution in [1.82, 2.24) is 9.97 Å². The summed E-state index contributed by atoms with van der Waals surface area (Å²) in [7, 11) is -3.87. The van der Waals surface area contributed by atoms with Crippen molar-refractivity contribution in [1.29, 1.82) is 0 Å². The van der Waals surface area contributed by atoms with Gasteiger partial charge in [-0.3, -0.25) is 9.52 Å². The summed E-state index contributed by atoms with van der Waals surface area (Å²) >= 11 is 14.0. The Kier molecular flexibility index (Phi) is 6.94. The van der Waals surface area contributed by atoms with Crippen LogP contribution in [0.1, 0.15) is 10.7 Å². The maximum Gasteiger partial charge on any atom is 0.261 e. The minimum atomic E-state index is -3.87. The van der Waals surface area contributed by atoms with Crippen LogP contribution in [-0.2, 0) is 26.6 Å². The predicted octanol–water partition coefficient (Wildman–Crippen LogP) is 4.34. The molecule has 0 radical (unpaired) electrons. The van der Waals surface area contributed by atoms with Gasteiger partial charge in [0.1, 0.15) is 14.8 Å². The fourth-order valence-corrected chi connectivity index (χ4v) is 6.35. The molecule has 1 aromatic carbocycles. The van der Waals surface area contributed by atoms with Gasteiger partial charge in [-0.2, -0.15) is 0 Å². The summed E-state index contributed by atoms with van der Waals surface area (Å²) in [6, 6.07) is 9.39. The summed E-state index contributed by atoms with van der Waals surface area (Å²) < 4.78 is 28.6. The van der Waals surface area contributed by atoms with E-state index in [-0.39, 0.29) is 22.2 Å². The van der Waals surface area contributed by atoms with Crippen LogP contribution in [0.4, 0.5) is 5.69 Å². The fraction of sp³-hybridized carbons (Fsp3) is 0.118. The molecular formula is C17H13Br2ClN4O3S2. The maximum atomic E-state index is 12.8. The van der Waals surface area contributed by atoms with E-state index in [9.17, 15) is 13.2 Å². The number of amides is 1. The number of halogens is 3. The quantitative estimate of drug-likeness (QED) is 0.319. The zero-order valence-corrected chi connectivity index (χ0v) is 20.1. The number of aromatic nitrogens is 2. The Morgan fingerprint density at radius 1 is 1.24 bits per heavy atom. The van der Waals surface area contributed by atoms with Gasteiger partial charge >= 0.3 is 0 Å². The van der Waals surface area contributed by atoms with Crippen LogP contribution in [0.2, 0.25) is 5.15 Å². The number of pyridine rings is 1. The summed E-state index contributed by atoms with van der Waals surface area (Å²) in [5.41, 5.74) is 6.60. The molecule has 2 heterocycles. The van der Waals surface area contributed by atoms with Crippen molar-refractivity contribution in [3.63, 3.8) is 0 Å². The lowest BCUT2D eigenvalue weighted by atomic mass is 10.2. The van der Waals surface area contributed by atoms with Crippen molar-refractivity contribution in [3.05, 3.63) is 56.9 Å². The molecule has 0 atom stereocenters. The van der Waals surface area contributed by atoms with Crippen molar-refractivity contribution < 1.29 is 13.2 Å². The first-order valence-electron chi connectivity index (χ1n) is 7.98. The highest BCUT2D eigenvalue weighted by Crippen LogP contribution is 2.42. The Hall–Kier alpha value is -1.53. The number of primary amides is 1. The van der Waals surface area contributed by atoms with Gasteiger partial charge in [-0.25, -0.2) is 18.4 Å². The van der Waals surface area contributed by atoms with E-state index in [0.717, 1.165) is 0 Å². The third-order valence-electron chi connectivity index (χ3n) is 3.66. The average molecular weight is 581 g/mol. The Morgan fingerprint density at radius 2 is 1.93 bits per heavy atom. The van der Waals surface area contributed by atoms with Crippen LogP contribution in [0.15, 0.2) is 45.9 Å². The topological polar surface area (TPSA) is 115 Å². The Bertz CT molecular complexity index is 1170. The second kappa shape index (κ2) is 9.09. The molecule has 0 aliphatic heterocycles. The molecule has 0 bridgehead atoms.